The van der Waals surface area contributed by atoms with Crippen LogP contribution in [-0.2, 0) is 11.3 Å². The van der Waals surface area contributed by atoms with Crippen molar-refractivity contribution in [3.63, 3.8) is 0 Å². The molecule has 4 rings (SSSR count). The van der Waals surface area contributed by atoms with E-state index in [4.69, 9.17) is 4.52 Å². The number of carbonyl (C=O) groups is 1. The van der Waals surface area contributed by atoms with Gasteiger partial charge in [0.25, 0.3) is 0 Å². The third-order valence-corrected chi connectivity index (χ3v) is 5.93. The molecule has 0 aliphatic carbocycles. The van der Waals surface area contributed by atoms with Crippen molar-refractivity contribution in [3.8, 4) is 11.3 Å². The lowest BCUT2D eigenvalue weighted by atomic mass is 10.1. The second kappa shape index (κ2) is 7.89. The van der Waals surface area contributed by atoms with Crippen LogP contribution in [0.15, 0.2) is 63.5 Å². The van der Waals surface area contributed by atoms with Gasteiger partial charge in [-0.05, 0) is 36.4 Å². The average Bonchev–Trinajstić information content (AvgIpc) is 3.32. The van der Waals surface area contributed by atoms with Gasteiger partial charge >= 0.3 is 0 Å². The molecule has 5 nitrogen and oxygen atoms in total. The predicted octanol–water partition coefficient (Wildman–Crippen LogP) is 4.50. The van der Waals surface area contributed by atoms with Gasteiger partial charge in [-0.1, -0.05) is 29.1 Å². The molecule has 2 aromatic carbocycles. The number of halogens is 1. The molecule has 0 saturated heterocycles. The number of nitrogens with one attached hydrogen (secondary N) is 1. The van der Waals surface area contributed by atoms with E-state index in [0.29, 0.717) is 11.5 Å². The van der Waals surface area contributed by atoms with Crippen molar-refractivity contribution in [2.45, 2.75) is 10.9 Å². The van der Waals surface area contributed by atoms with E-state index in [9.17, 15) is 9.18 Å². The first kappa shape index (κ1) is 17.7. The zero-order valence-electron chi connectivity index (χ0n) is 14.0. The largest absolute Gasteiger partial charge is 0.356 e. The summed E-state index contributed by atoms with van der Waals surface area (Å²) in [6, 6.07) is 15.6. The maximum atomic E-state index is 13.0. The summed E-state index contributed by atoms with van der Waals surface area (Å²) in [6.45, 7) is 0.268. The summed E-state index contributed by atoms with van der Waals surface area (Å²) < 4.78 is 20.2. The van der Waals surface area contributed by atoms with E-state index in [1.165, 1.54) is 23.9 Å². The van der Waals surface area contributed by atoms with Gasteiger partial charge in [-0.2, -0.15) is 0 Å². The maximum Gasteiger partial charge on any atom is 0.230 e. The number of rotatable bonds is 6. The smallest absolute Gasteiger partial charge is 0.230 e. The molecule has 0 unspecified atom stereocenters. The second-order valence-electron chi connectivity index (χ2n) is 5.70. The predicted molar refractivity (Wildman–Crippen MR) is 104 cm³/mol. The van der Waals surface area contributed by atoms with Crippen LogP contribution in [0.5, 0.6) is 0 Å². The Bertz CT molecular complexity index is 1040. The second-order valence-corrected chi connectivity index (χ2v) is 7.96. The van der Waals surface area contributed by atoms with Gasteiger partial charge in [-0.3, -0.25) is 4.79 Å². The minimum Gasteiger partial charge on any atom is -0.356 e. The van der Waals surface area contributed by atoms with Gasteiger partial charge in [-0.15, -0.1) is 11.3 Å². The third kappa shape index (κ3) is 4.35. The van der Waals surface area contributed by atoms with Crippen LogP contribution >= 0.6 is 23.1 Å². The van der Waals surface area contributed by atoms with Gasteiger partial charge in [0.1, 0.15) is 11.5 Å². The van der Waals surface area contributed by atoms with E-state index >= 15 is 0 Å². The normalized spacial score (nSPS) is 11.0. The Morgan fingerprint density at radius 2 is 2.00 bits per heavy atom. The fourth-order valence-corrected chi connectivity index (χ4v) is 4.32. The molecule has 2 aromatic heterocycles. The summed E-state index contributed by atoms with van der Waals surface area (Å²) >= 11 is 2.98. The molecule has 27 heavy (non-hydrogen) atoms. The molecule has 0 aliphatic heterocycles. The Morgan fingerprint density at radius 3 is 2.81 bits per heavy atom. The Kier molecular flexibility index (Phi) is 5.17. The minimum absolute atomic E-state index is 0.106. The van der Waals surface area contributed by atoms with E-state index in [1.54, 1.807) is 29.5 Å². The lowest BCUT2D eigenvalue weighted by Crippen LogP contribution is -2.24. The van der Waals surface area contributed by atoms with Crippen molar-refractivity contribution in [3.05, 3.63) is 66.1 Å². The number of amides is 1. The highest BCUT2D eigenvalue weighted by atomic mass is 32.2. The number of hydrogen-bond donors (Lipinski definition) is 1. The van der Waals surface area contributed by atoms with Crippen molar-refractivity contribution >= 4 is 39.2 Å². The Balaban J connectivity index is 1.29. The zero-order valence-corrected chi connectivity index (χ0v) is 15.6. The summed E-state index contributed by atoms with van der Waals surface area (Å²) in [5.41, 5.74) is 2.28. The number of thioether (sulfide) groups is 1. The molecule has 8 heteroatoms. The highest BCUT2D eigenvalue weighted by Gasteiger charge is 2.10. The van der Waals surface area contributed by atoms with Gasteiger partial charge in [0, 0.05) is 11.6 Å². The monoisotopic (exact) mass is 399 g/mol. The average molecular weight is 399 g/mol. The van der Waals surface area contributed by atoms with E-state index in [1.807, 2.05) is 24.3 Å². The van der Waals surface area contributed by atoms with Crippen molar-refractivity contribution < 1.29 is 13.7 Å². The molecule has 0 fully saturated rings. The number of para-hydroxylation sites is 1. The summed E-state index contributed by atoms with van der Waals surface area (Å²) in [7, 11) is 0. The third-order valence-electron chi connectivity index (χ3n) is 3.76. The summed E-state index contributed by atoms with van der Waals surface area (Å²) in [6.07, 6.45) is 0. The molecule has 0 aliphatic rings. The molecule has 0 spiro atoms. The van der Waals surface area contributed by atoms with Crippen molar-refractivity contribution in [2.24, 2.45) is 0 Å². The molecule has 1 amide bonds. The summed E-state index contributed by atoms with van der Waals surface area (Å²) in [5.74, 6) is 0.396. The van der Waals surface area contributed by atoms with E-state index < -0.39 is 0 Å². The Morgan fingerprint density at radius 1 is 1.19 bits per heavy atom. The van der Waals surface area contributed by atoms with Crippen molar-refractivity contribution in [1.29, 1.82) is 0 Å². The number of benzene rings is 2. The molecule has 0 bridgehead atoms. The van der Waals surface area contributed by atoms with Gasteiger partial charge in [0.15, 0.2) is 10.1 Å². The van der Waals surface area contributed by atoms with Crippen LogP contribution < -0.4 is 5.32 Å². The number of nitrogens with zero attached hydrogens (tertiary/aromatic N) is 2. The van der Waals surface area contributed by atoms with Gasteiger partial charge in [0.2, 0.25) is 5.91 Å². The fraction of sp³-hybridized carbons (Fsp3) is 0.105. The standard InChI is InChI=1S/C19H14FN3O2S2/c20-13-7-5-12(6-8-13)16-9-14(23-25-16)10-21-18(24)11-26-19-22-15-3-1-2-4-17(15)27-19/h1-9H,10-11H2,(H,21,24). The Labute approximate surface area is 162 Å². The molecule has 0 saturated carbocycles. The van der Waals surface area contributed by atoms with E-state index in [2.05, 4.69) is 15.5 Å². The Hall–Kier alpha value is -2.71. The van der Waals surface area contributed by atoms with Crippen molar-refractivity contribution in [2.75, 3.05) is 5.75 Å². The highest BCUT2D eigenvalue weighted by Crippen LogP contribution is 2.29. The molecule has 4 aromatic rings. The van der Waals surface area contributed by atoms with Crippen LogP contribution in [0, 0.1) is 5.82 Å². The lowest BCUT2D eigenvalue weighted by molar-refractivity contribution is -0.118. The lowest BCUT2D eigenvalue weighted by Gasteiger charge is -2.00. The quantitative estimate of drug-likeness (QED) is 0.484. The number of fused-ring (bicyclic) bond motifs is 1. The number of aromatic nitrogens is 2. The first-order valence-corrected chi connectivity index (χ1v) is 9.94. The SMILES string of the molecule is O=C(CSc1nc2ccccc2s1)NCc1cc(-c2ccc(F)cc2)on1. The van der Waals surface area contributed by atoms with Crippen LogP contribution in [0.2, 0.25) is 0 Å². The van der Waals surface area contributed by atoms with Crippen LogP contribution in [0.25, 0.3) is 21.5 Å². The molecule has 0 atom stereocenters. The van der Waals surface area contributed by atoms with Crippen LogP contribution in [0.3, 0.4) is 0 Å². The van der Waals surface area contributed by atoms with Crippen LogP contribution in [0.4, 0.5) is 4.39 Å². The first-order chi connectivity index (χ1) is 13.2. The van der Waals surface area contributed by atoms with Crippen LogP contribution in [-0.4, -0.2) is 21.8 Å². The zero-order chi connectivity index (χ0) is 18.6. The number of hydrogen-bond acceptors (Lipinski definition) is 6. The van der Waals surface area contributed by atoms with E-state index in [-0.39, 0.29) is 24.0 Å². The van der Waals surface area contributed by atoms with Gasteiger partial charge in [0.05, 0.1) is 22.5 Å². The molecular weight excluding hydrogens is 385 g/mol. The van der Waals surface area contributed by atoms with Crippen molar-refractivity contribution in [1.82, 2.24) is 15.5 Å². The van der Waals surface area contributed by atoms with Gasteiger partial charge in [-0.25, -0.2) is 9.37 Å². The summed E-state index contributed by atoms with van der Waals surface area (Å²) in [5, 5.41) is 6.74. The topological polar surface area (TPSA) is 68.0 Å². The first-order valence-electron chi connectivity index (χ1n) is 8.14. The molecule has 2 heterocycles. The number of thiazole rings is 1. The molecule has 1 N–H and O–H groups in total. The summed E-state index contributed by atoms with van der Waals surface area (Å²) in [4.78, 5) is 16.6. The minimum atomic E-state index is -0.309. The maximum absolute atomic E-state index is 13.0. The fourth-order valence-electron chi connectivity index (χ4n) is 2.43. The molecule has 136 valence electrons. The number of carbonyl (C=O) groups excluding carboxylic acids is 1. The van der Waals surface area contributed by atoms with Crippen LogP contribution in [0.1, 0.15) is 5.69 Å². The van der Waals surface area contributed by atoms with E-state index in [0.717, 1.165) is 20.1 Å². The molecular formula is C19H14FN3O2S2. The highest BCUT2D eigenvalue weighted by molar-refractivity contribution is 8.01. The molecule has 0 radical (unpaired) electrons. The van der Waals surface area contributed by atoms with Gasteiger partial charge < -0.3 is 9.84 Å².